The Morgan fingerprint density at radius 2 is 2.18 bits per heavy atom. The number of esters is 1. The van der Waals surface area contributed by atoms with Crippen molar-refractivity contribution in [3.63, 3.8) is 0 Å². The minimum Gasteiger partial charge on any atom is -0.468 e. The number of nitrogens with one attached hydrogen (secondary N) is 1. The molecule has 0 fully saturated rings. The van der Waals surface area contributed by atoms with Gasteiger partial charge in [0, 0.05) is 12.1 Å². The molecular weight excluding hydrogens is 220 g/mol. The predicted molar refractivity (Wildman–Crippen MR) is 63.3 cm³/mol. The molecular formula is C12H16N2O3. The number of amides is 1. The van der Waals surface area contributed by atoms with Crippen molar-refractivity contribution in [2.24, 2.45) is 5.73 Å². The summed E-state index contributed by atoms with van der Waals surface area (Å²) < 4.78 is 4.59. The van der Waals surface area contributed by atoms with Crippen LogP contribution in [-0.4, -0.2) is 25.0 Å². The molecule has 0 aliphatic heterocycles. The second-order valence-corrected chi connectivity index (χ2v) is 3.69. The summed E-state index contributed by atoms with van der Waals surface area (Å²) in [5.74, 6) is -0.788. The van der Waals surface area contributed by atoms with Crippen molar-refractivity contribution in [2.75, 3.05) is 7.11 Å². The number of hydrogen-bond acceptors (Lipinski definition) is 4. The second kappa shape index (κ2) is 6.00. The van der Waals surface area contributed by atoms with Gasteiger partial charge in [0.25, 0.3) is 0 Å². The number of carbonyl (C=O) groups excluding carboxylic acids is 2. The van der Waals surface area contributed by atoms with Crippen LogP contribution >= 0.6 is 0 Å². The van der Waals surface area contributed by atoms with E-state index in [1.165, 1.54) is 7.11 Å². The summed E-state index contributed by atoms with van der Waals surface area (Å²) in [5.41, 5.74) is 6.51. The largest absolute Gasteiger partial charge is 0.468 e. The first-order valence-corrected chi connectivity index (χ1v) is 5.24. The fourth-order valence-electron chi connectivity index (χ4n) is 1.37. The first-order chi connectivity index (χ1) is 8.04. The number of primary amides is 1. The van der Waals surface area contributed by atoms with Crippen LogP contribution < -0.4 is 11.1 Å². The topological polar surface area (TPSA) is 81.4 Å². The Hall–Kier alpha value is -1.88. The lowest BCUT2D eigenvalue weighted by Gasteiger charge is -2.11. The van der Waals surface area contributed by atoms with Gasteiger partial charge in [-0.1, -0.05) is 12.1 Å². The van der Waals surface area contributed by atoms with Gasteiger partial charge in [0.1, 0.15) is 6.04 Å². The van der Waals surface area contributed by atoms with E-state index in [0.29, 0.717) is 12.1 Å². The Balaban J connectivity index is 2.60. The van der Waals surface area contributed by atoms with Gasteiger partial charge in [0.05, 0.1) is 7.11 Å². The summed E-state index contributed by atoms with van der Waals surface area (Å²) >= 11 is 0. The van der Waals surface area contributed by atoms with Crippen molar-refractivity contribution in [1.29, 1.82) is 0 Å². The molecule has 0 aromatic heterocycles. The Morgan fingerprint density at radius 3 is 2.76 bits per heavy atom. The first-order valence-electron chi connectivity index (χ1n) is 5.24. The van der Waals surface area contributed by atoms with Crippen molar-refractivity contribution < 1.29 is 14.3 Å². The predicted octanol–water partition coefficient (Wildman–Crippen LogP) is 0.437. The zero-order valence-corrected chi connectivity index (χ0v) is 9.90. The van der Waals surface area contributed by atoms with Gasteiger partial charge in [0.15, 0.2) is 0 Å². The normalized spacial score (nSPS) is 11.9. The van der Waals surface area contributed by atoms with Crippen molar-refractivity contribution >= 4 is 11.9 Å². The molecule has 0 aliphatic carbocycles. The Bertz CT molecular complexity index is 418. The lowest BCUT2D eigenvalue weighted by Crippen LogP contribution is -2.34. The molecule has 0 bridgehead atoms. The SMILES string of the molecule is COC(=O)C(C)NCc1cccc(C(N)=O)c1. The summed E-state index contributed by atoms with van der Waals surface area (Å²) in [4.78, 5) is 22.1. The molecule has 0 spiro atoms. The van der Waals surface area contributed by atoms with Crippen LogP contribution in [0.3, 0.4) is 0 Å². The van der Waals surface area contributed by atoms with E-state index in [1.807, 2.05) is 6.07 Å². The monoisotopic (exact) mass is 236 g/mol. The van der Waals surface area contributed by atoms with E-state index in [0.717, 1.165) is 5.56 Å². The molecule has 0 heterocycles. The van der Waals surface area contributed by atoms with Gasteiger partial charge in [-0.05, 0) is 24.6 Å². The van der Waals surface area contributed by atoms with Crippen LogP contribution in [0, 0.1) is 0 Å². The molecule has 17 heavy (non-hydrogen) atoms. The molecule has 0 saturated carbocycles. The first kappa shape index (κ1) is 13.2. The second-order valence-electron chi connectivity index (χ2n) is 3.69. The average molecular weight is 236 g/mol. The van der Waals surface area contributed by atoms with E-state index in [4.69, 9.17) is 5.73 Å². The van der Waals surface area contributed by atoms with E-state index >= 15 is 0 Å². The summed E-state index contributed by atoms with van der Waals surface area (Å²) in [7, 11) is 1.34. The number of hydrogen-bond donors (Lipinski definition) is 2. The highest BCUT2D eigenvalue weighted by molar-refractivity contribution is 5.92. The quantitative estimate of drug-likeness (QED) is 0.727. The highest BCUT2D eigenvalue weighted by Gasteiger charge is 2.11. The number of methoxy groups -OCH3 is 1. The number of benzene rings is 1. The van der Waals surface area contributed by atoms with Crippen LogP contribution in [0.1, 0.15) is 22.8 Å². The molecule has 0 radical (unpaired) electrons. The van der Waals surface area contributed by atoms with Crippen molar-refractivity contribution in [1.82, 2.24) is 5.32 Å². The Morgan fingerprint density at radius 1 is 1.47 bits per heavy atom. The van der Waals surface area contributed by atoms with E-state index < -0.39 is 11.9 Å². The summed E-state index contributed by atoms with van der Waals surface area (Å²) in [6, 6.07) is 6.55. The molecule has 92 valence electrons. The molecule has 0 saturated heterocycles. The summed E-state index contributed by atoms with van der Waals surface area (Å²) in [6.45, 7) is 2.18. The van der Waals surface area contributed by atoms with Crippen LogP contribution in [0.15, 0.2) is 24.3 Å². The third-order valence-electron chi connectivity index (χ3n) is 2.38. The molecule has 5 heteroatoms. The third-order valence-corrected chi connectivity index (χ3v) is 2.38. The number of ether oxygens (including phenoxy) is 1. The zero-order chi connectivity index (χ0) is 12.8. The lowest BCUT2D eigenvalue weighted by atomic mass is 10.1. The lowest BCUT2D eigenvalue weighted by molar-refractivity contribution is -0.142. The van der Waals surface area contributed by atoms with Gasteiger partial charge in [-0.15, -0.1) is 0 Å². The molecule has 1 amide bonds. The molecule has 0 aliphatic rings. The number of nitrogens with two attached hydrogens (primary N) is 1. The van der Waals surface area contributed by atoms with Crippen LogP contribution in [0.2, 0.25) is 0 Å². The van der Waals surface area contributed by atoms with E-state index in [2.05, 4.69) is 10.1 Å². The number of carbonyl (C=O) groups is 2. The minimum atomic E-state index is -0.465. The maximum Gasteiger partial charge on any atom is 0.322 e. The third kappa shape index (κ3) is 3.88. The maximum atomic E-state index is 11.1. The van der Waals surface area contributed by atoms with Crippen molar-refractivity contribution in [2.45, 2.75) is 19.5 Å². The van der Waals surface area contributed by atoms with Gasteiger partial charge >= 0.3 is 5.97 Å². The molecule has 1 atom stereocenters. The van der Waals surface area contributed by atoms with Crippen molar-refractivity contribution in [3.8, 4) is 0 Å². The van der Waals surface area contributed by atoms with Crippen LogP contribution in [-0.2, 0) is 16.1 Å². The highest BCUT2D eigenvalue weighted by Crippen LogP contribution is 2.04. The van der Waals surface area contributed by atoms with Gasteiger partial charge in [-0.3, -0.25) is 9.59 Å². The van der Waals surface area contributed by atoms with Crippen molar-refractivity contribution in [3.05, 3.63) is 35.4 Å². The van der Waals surface area contributed by atoms with Crippen LogP contribution in [0.4, 0.5) is 0 Å². The summed E-state index contributed by atoms with van der Waals surface area (Å²) in [6.07, 6.45) is 0. The molecule has 3 N–H and O–H groups in total. The minimum absolute atomic E-state index is 0.323. The van der Waals surface area contributed by atoms with Gasteiger partial charge < -0.3 is 15.8 Å². The highest BCUT2D eigenvalue weighted by atomic mass is 16.5. The van der Waals surface area contributed by atoms with Gasteiger partial charge in [0.2, 0.25) is 5.91 Å². The maximum absolute atomic E-state index is 11.1. The zero-order valence-electron chi connectivity index (χ0n) is 9.90. The molecule has 1 rings (SSSR count). The summed E-state index contributed by atoms with van der Waals surface area (Å²) in [5, 5.41) is 2.99. The smallest absolute Gasteiger partial charge is 0.322 e. The van der Waals surface area contributed by atoms with E-state index in [-0.39, 0.29) is 5.97 Å². The van der Waals surface area contributed by atoms with E-state index in [1.54, 1.807) is 25.1 Å². The van der Waals surface area contributed by atoms with E-state index in [9.17, 15) is 9.59 Å². The molecule has 5 nitrogen and oxygen atoms in total. The molecule has 1 aromatic rings. The Labute approximate surface area is 99.9 Å². The standard InChI is InChI=1S/C12H16N2O3/c1-8(12(16)17-2)14-7-9-4-3-5-10(6-9)11(13)15/h3-6,8,14H,7H2,1-2H3,(H2,13,15). The Kier molecular flexibility index (Phi) is 4.66. The average Bonchev–Trinajstić information content (AvgIpc) is 2.35. The van der Waals surface area contributed by atoms with Crippen LogP contribution in [0.25, 0.3) is 0 Å². The fraction of sp³-hybridized carbons (Fsp3) is 0.333. The van der Waals surface area contributed by atoms with Gasteiger partial charge in [-0.2, -0.15) is 0 Å². The van der Waals surface area contributed by atoms with Crippen LogP contribution in [0.5, 0.6) is 0 Å². The fourth-order valence-corrected chi connectivity index (χ4v) is 1.37. The van der Waals surface area contributed by atoms with Gasteiger partial charge in [-0.25, -0.2) is 0 Å². The molecule has 1 aromatic carbocycles. The number of rotatable bonds is 5. The molecule has 1 unspecified atom stereocenters.